The predicted octanol–water partition coefficient (Wildman–Crippen LogP) is 4.58. The van der Waals surface area contributed by atoms with Crippen molar-refractivity contribution < 1.29 is 4.74 Å². The van der Waals surface area contributed by atoms with Gasteiger partial charge in [0, 0.05) is 17.8 Å². The topological polar surface area (TPSA) is 35.0 Å². The first-order chi connectivity index (χ1) is 10.4. The van der Waals surface area contributed by atoms with Gasteiger partial charge in [0.05, 0.1) is 6.20 Å². The van der Waals surface area contributed by atoms with Gasteiger partial charge in [0.25, 0.3) is 0 Å². The van der Waals surface area contributed by atoms with Gasteiger partial charge >= 0.3 is 0 Å². The average Bonchev–Trinajstić information content (AvgIpc) is 2.56. The molecule has 0 aliphatic heterocycles. The van der Waals surface area contributed by atoms with Crippen molar-refractivity contribution in [3.05, 3.63) is 73.2 Å². The third-order valence-corrected chi connectivity index (χ3v) is 3.48. The number of ether oxygens (including phenoxy) is 1. The number of pyridine rings is 2. The lowest BCUT2D eigenvalue weighted by Gasteiger charge is -2.09. The Bertz CT molecular complexity index is 920. The Kier molecular flexibility index (Phi) is 2.75. The standard InChI is InChI=1S/C18H12N2O/c1-2-6-15-13(4-1)7-8-17-16(15)9-11-20-18(17)21-14-5-3-10-19-12-14/h1-12H. The smallest absolute Gasteiger partial charge is 0.227 e. The quantitative estimate of drug-likeness (QED) is 0.501. The van der Waals surface area contributed by atoms with Crippen LogP contribution in [0.1, 0.15) is 0 Å². The van der Waals surface area contributed by atoms with Crippen molar-refractivity contribution in [2.45, 2.75) is 0 Å². The van der Waals surface area contributed by atoms with E-state index in [1.165, 1.54) is 10.8 Å². The molecule has 2 aromatic carbocycles. The van der Waals surface area contributed by atoms with Crippen molar-refractivity contribution in [1.29, 1.82) is 0 Å². The normalized spacial score (nSPS) is 10.9. The third-order valence-electron chi connectivity index (χ3n) is 3.48. The number of benzene rings is 2. The highest BCUT2D eigenvalue weighted by Gasteiger charge is 2.07. The van der Waals surface area contributed by atoms with Crippen molar-refractivity contribution >= 4 is 21.5 Å². The third kappa shape index (κ3) is 2.09. The minimum atomic E-state index is 0.603. The Morgan fingerprint density at radius 3 is 2.57 bits per heavy atom. The molecule has 0 saturated carbocycles. The van der Waals surface area contributed by atoms with Crippen LogP contribution in [0.4, 0.5) is 0 Å². The zero-order chi connectivity index (χ0) is 14.1. The number of hydrogen-bond acceptors (Lipinski definition) is 3. The van der Waals surface area contributed by atoms with E-state index >= 15 is 0 Å². The molecule has 0 fully saturated rings. The van der Waals surface area contributed by atoms with Gasteiger partial charge in [-0.15, -0.1) is 0 Å². The van der Waals surface area contributed by atoms with Crippen molar-refractivity contribution in [3.8, 4) is 11.6 Å². The summed E-state index contributed by atoms with van der Waals surface area (Å²) in [6, 6.07) is 18.2. The highest BCUT2D eigenvalue weighted by Crippen LogP contribution is 2.31. The number of hydrogen-bond donors (Lipinski definition) is 0. The van der Waals surface area contributed by atoms with E-state index in [-0.39, 0.29) is 0 Å². The van der Waals surface area contributed by atoms with Crippen LogP contribution in [0.2, 0.25) is 0 Å². The van der Waals surface area contributed by atoms with Gasteiger partial charge in [-0.1, -0.05) is 30.3 Å². The minimum absolute atomic E-state index is 0.603. The zero-order valence-corrected chi connectivity index (χ0v) is 11.2. The average molecular weight is 272 g/mol. The molecule has 4 rings (SSSR count). The molecule has 2 aromatic heterocycles. The molecule has 2 heterocycles. The van der Waals surface area contributed by atoms with Gasteiger partial charge in [0.2, 0.25) is 5.88 Å². The summed E-state index contributed by atoms with van der Waals surface area (Å²) in [4.78, 5) is 8.42. The summed E-state index contributed by atoms with van der Waals surface area (Å²) >= 11 is 0. The molecule has 0 aliphatic carbocycles. The van der Waals surface area contributed by atoms with Crippen LogP contribution < -0.4 is 4.74 Å². The Balaban J connectivity index is 1.92. The molecule has 3 heteroatoms. The van der Waals surface area contributed by atoms with Crippen molar-refractivity contribution in [2.24, 2.45) is 0 Å². The molecule has 100 valence electrons. The van der Waals surface area contributed by atoms with Crippen LogP contribution in [0.15, 0.2) is 73.2 Å². The Morgan fingerprint density at radius 2 is 1.67 bits per heavy atom. The second kappa shape index (κ2) is 4.87. The van der Waals surface area contributed by atoms with E-state index in [2.05, 4.69) is 34.2 Å². The van der Waals surface area contributed by atoms with Crippen molar-refractivity contribution in [3.63, 3.8) is 0 Å². The highest BCUT2D eigenvalue weighted by atomic mass is 16.5. The lowest BCUT2D eigenvalue weighted by molar-refractivity contribution is 0.467. The van der Waals surface area contributed by atoms with E-state index in [0.717, 1.165) is 10.8 Å². The molecule has 0 radical (unpaired) electrons. The van der Waals surface area contributed by atoms with Gasteiger partial charge in [0.15, 0.2) is 0 Å². The molecule has 4 aromatic rings. The van der Waals surface area contributed by atoms with Crippen LogP contribution in [0.5, 0.6) is 11.6 Å². The van der Waals surface area contributed by atoms with Crippen LogP contribution in [0.25, 0.3) is 21.5 Å². The monoisotopic (exact) mass is 272 g/mol. The van der Waals surface area contributed by atoms with Crippen LogP contribution in [-0.2, 0) is 0 Å². The molecular weight excluding hydrogens is 260 g/mol. The summed E-state index contributed by atoms with van der Waals surface area (Å²) in [6.07, 6.45) is 5.18. The Morgan fingerprint density at radius 1 is 0.714 bits per heavy atom. The molecule has 0 saturated heterocycles. The SMILES string of the molecule is c1cncc(Oc2nccc3c2ccc2ccccc23)c1. The fourth-order valence-corrected chi connectivity index (χ4v) is 2.51. The van der Waals surface area contributed by atoms with Crippen LogP contribution >= 0.6 is 0 Å². The van der Waals surface area contributed by atoms with E-state index in [1.807, 2.05) is 30.3 Å². The summed E-state index contributed by atoms with van der Waals surface area (Å²) in [5.74, 6) is 1.29. The number of nitrogens with zero attached hydrogens (tertiary/aromatic N) is 2. The van der Waals surface area contributed by atoms with E-state index in [0.29, 0.717) is 11.6 Å². The molecule has 0 bridgehead atoms. The number of aromatic nitrogens is 2. The van der Waals surface area contributed by atoms with E-state index in [9.17, 15) is 0 Å². The summed E-state index contributed by atoms with van der Waals surface area (Å²) in [5.41, 5.74) is 0. The highest BCUT2D eigenvalue weighted by molar-refractivity contribution is 6.08. The van der Waals surface area contributed by atoms with Gasteiger partial charge in [-0.3, -0.25) is 4.98 Å². The van der Waals surface area contributed by atoms with Gasteiger partial charge in [0.1, 0.15) is 5.75 Å². The number of fused-ring (bicyclic) bond motifs is 3. The molecule has 0 spiro atoms. The molecule has 21 heavy (non-hydrogen) atoms. The second-order valence-electron chi connectivity index (χ2n) is 4.79. The molecular formula is C18H12N2O. The van der Waals surface area contributed by atoms with E-state index < -0.39 is 0 Å². The lowest BCUT2D eigenvalue weighted by Crippen LogP contribution is -1.90. The van der Waals surface area contributed by atoms with E-state index in [1.54, 1.807) is 18.6 Å². The zero-order valence-electron chi connectivity index (χ0n) is 11.2. The molecule has 0 amide bonds. The van der Waals surface area contributed by atoms with Gasteiger partial charge in [-0.25, -0.2) is 4.98 Å². The van der Waals surface area contributed by atoms with E-state index in [4.69, 9.17) is 4.74 Å². The predicted molar refractivity (Wildman–Crippen MR) is 83.6 cm³/mol. The summed E-state index contributed by atoms with van der Waals surface area (Å²) in [5, 5.41) is 4.55. The summed E-state index contributed by atoms with van der Waals surface area (Å²) < 4.78 is 5.87. The molecule has 3 nitrogen and oxygen atoms in total. The largest absolute Gasteiger partial charge is 0.437 e. The Labute approximate surface area is 121 Å². The van der Waals surface area contributed by atoms with Gasteiger partial charge < -0.3 is 4.74 Å². The molecule has 0 unspecified atom stereocenters. The fraction of sp³-hybridized carbons (Fsp3) is 0. The van der Waals surface area contributed by atoms with Crippen LogP contribution in [0, 0.1) is 0 Å². The maximum Gasteiger partial charge on any atom is 0.227 e. The number of rotatable bonds is 2. The van der Waals surface area contributed by atoms with Gasteiger partial charge in [-0.05, 0) is 40.4 Å². The van der Waals surface area contributed by atoms with Gasteiger partial charge in [-0.2, -0.15) is 0 Å². The van der Waals surface area contributed by atoms with Crippen molar-refractivity contribution in [1.82, 2.24) is 9.97 Å². The van der Waals surface area contributed by atoms with Crippen LogP contribution in [-0.4, -0.2) is 9.97 Å². The maximum atomic E-state index is 5.87. The van der Waals surface area contributed by atoms with Crippen molar-refractivity contribution in [2.75, 3.05) is 0 Å². The first-order valence-corrected chi connectivity index (χ1v) is 6.76. The summed E-state index contributed by atoms with van der Waals surface area (Å²) in [7, 11) is 0. The van der Waals surface area contributed by atoms with Crippen LogP contribution in [0.3, 0.4) is 0 Å². The molecule has 0 N–H and O–H groups in total. The minimum Gasteiger partial charge on any atom is -0.437 e. The Hall–Kier alpha value is -2.94. The summed E-state index contributed by atoms with van der Waals surface area (Å²) in [6.45, 7) is 0. The second-order valence-corrected chi connectivity index (χ2v) is 4.79. The first-order valence-electron chi connectivity index (χ1n) is 6.76. The molecule has 0 aliphatic rings. The first kappa shape index (κ1) is 11.9. The maximum absolute atomic E-state index is 5.87. The molecule has 0 atom stereocenters. The fourth-order valence-electron chi connectivity index (χ4n) is 2.51. The lowest BCUT2D eigenvalue weighted by atomic mass is 10.0.